The van der Waals surface area contributed by atoms with Gasteiger partial charge in [0.05, 0.1) is 24.1 Å². The number of rotatable bonds is 6. The van der Waals surface area contributed by atoms with Crippen LogP contribution in [-0.2, 0) is 4.74 Å². The lowest BCUT2D eigenvalue weighted by molar-refractivity contribution is -0.277. The summed E-state index contributed by atoms with van der Waals surface area (Å²) in [7, 11) is 0. The van der Waals surface area contributed by atoms with Crippen molar-refractivity contribution in [3.63, 3.8) is 0 Å². The molecule has 0 aliphatic carbocycles. The summed E-state index contributed by atoms with van der Waals surface area (Å²) in [4.78, 5) is 11.2. The van der Waals surface area contributed by atoms with Gasteiger partial charge >= 0.3 is 5.97 Å². The molecule has 2 heterocycles. The number of aliphatic hydroxyl groups excluding tert-OH is 4. The summed E-state index contributed by atoms with van der Waals surface area (Å²) in [6, 6.07) is 11.5. The third-order valence-electron chi connectivity index (χ3n) is 5.41. The zero-order valence-corrected chi connectivity index (χ0v) is 17.5. The number of hydrogen-bond acceptors (Lipinski definition) is 9. The Labute approximate surface area is 188 Å². The first-order chi connectivity index (χ1) is 15.8. The highest BCUT2D eigenvalue weighted by Crippen LogP contribution is 2.28. The lowest BCUT2D eigenvalue weighted by Crippen LogP contribution is -2.60. The van der Waals surface area contributed by atoms with Crippen molar-refractivity contribution in [2.45, 2.75) is 37.6 Å². The van der Waals surface area contributed by atoms with Gasteiger partial charge in [-0.15, -0.1) is 5.10 Å². The van der Waals surface area contributed by atoms with Crippen molar-refractivity contribution < 1.29 is 39.8 Å². The number of aromatic nitrogens is 3. The third kappa shape index (κ3) is 4.58. The zero-order chi connectivity index (χ0) is 23.7. The molecule has 174 valence electrons. The van der Waals surface area contributed by atoms with Crippen LogP contribution < -0.4 is 4.74 Å². The number of hydrogen-bond donors (Lipinski definition) is 5. The van der Waals surface area contributed by atoms with Gasteiger partial charge in [-0.3, -0.25) is 0 Å². The number of aliphatic hydroxyl groups is 4. The summed E-state index contributed by atoms with van der Waals surface area (Å²) >= 11 is 0. The van der Waals surface area contributed by atoms with Crippen LogP contribution in [0.1, 0.15) is 15.9 Å². The predicted octanol–water partition coefficient (Wildman–Crippen LogP) is 0.120. The molecule has 5 unspecified atom stereocenters. The molecule has 1 aliphatic heterocycles. The van der Waals surface area contributed by atoms with Crippen molar-refractivity contribution in [3.8, 4) is 22.7 Å². The molecule has 4 rings (SSSR count). The van der Waals surface area contributed by atoms with E-state index in [2.05, 4.69) is 10.3 Å². The number of nitrogens with zero attached hydrogens (tertiary/aromatic N) is 3. The van der Waals surface area contributed by atoms with Gasteiger partial charge in [-0.05, 0) is 42.8 Å². The Morgan fingerprint density at radius 2 is 1.91 bits per heavy atom. The molecule has 33 heavy (non-hydrogen) atoms. The van der Waals surface area contributed by atoms with Gasteiger partial charge in [-0.1, -0.05) is 17.3 Å². The van der Waals surface area contributed by atoms with Crippen LogP contribution in [0.2, 0.25) is 0 Å². The first kappa shape index (κ1) is 22.8. The Balaban J connectivity index is 1.53. The Hall–Kier alpha value is -3.35. The molecule has 3 aromatic rings. The third-order valence-corrected chi connectivity index (χ3v) is 5.41. The van der Waals surface area contributed by atoms with Crippen LogP contribution in [-0.4, -0.2) is 83.8 Å². The highest BCUT2D eigenvalue weighted by atomic mass is 16.7. The largest absolute Gasteiger partial charge is 0.478 e. The number of carboxylic acids is 1. The average Bonchev–Trinajstić information content (AvgIpc) is 3.31. The maximum absolute atomic E-state index is 11.2. The number of benzene rings is 2. The minimum Gasteiger partial charge on any atom is -0.478 e. The smallest absolute Gasteiger partial charge is 0.335 e. The van der Waals surface area contributed by atoms with Crippen LogP contribution in [0.25, 0.3) is 16.9 Å². The maximum atomic E-state index is 11.2. The molecule has 1 fully saturated rings. The van der Waals surface area contributed by atoms with Crippen LogP contribution >= 0.6 is 0 Å². The fourth-order valence-electron chi connectivity index (χ4n) is 3.53. The molecule has 1 saturated heterocycles. The van der Waals surface area contributed by atoms with Gasteiger partial charge in [-0.25, -0.2) is 9.48 Å². The lowest BCUT2D eigenvalue weighted by atomic mass is 9.99. The van der Waals surface area contributed by atoms with Crippen molar-refractivity contribution in [2.24, 2.45) is 0 Å². The molecule has 1 aromatic heterocycles. The molecule has 1 aliphatic rings. The number of carbonyl (C=O) groups is 1. The van der Waals surface area contributed by atoms with E-state index in [1.807, 2.05) is 0 Å². The van der Waals surface area contributed by atoms with Gasteiger partial charge in [0.2, 0.25) is 6.29 Å². The Morgan fingerprint density at radius 1 is 1.12 bits per heavy atom. The van der Waals surface area contributed by atoms with Gasteiger partial charge in [0.1, 0.15) is 35.9 Å². The number of aryl methyl sites for hydroxylation is 1. The van der Waals surface area contributed by atoms with Crippen LogP contribution in [0.3, 0.4) is 0 Å². The van der Waals surface area contributed by atoms with E-state index in [4.69, 9.17) is 14.6 Å². The van der Waals surface area contributed by atoms with E-state index in [1.165, 1.54) is 16.8 Å². The second-order valence-corrected chi connectivity index (χ2v) is 7.70. The fourth-order valence-corrected chi connectivity index (χ4v) is 3.53. The lowest BCUT2D eigenvalue weighted by Gasteiger charge is -2.39. The summed E-state index contributed by atoms with van der Waals surface area (Å²) in [6.45, 7) is 1.21. The average molecular weight is 457 g/mol. The summed E-state index contributed by atoms with van der Waals surface area (Å²) in [5.41, 5.74) is 2.57. The van der Waals surface area contributed by atoms with Gasteiger partial charge in [-0.2, -0.15) is 0 Å². The molecule has 5 N–H and O–H groups in total. The van der Waals surface area contributed by atoms with E-state index < -0.39 is 43.3 Å². The molecule has 0 amide bonds. The van der Waals surface area contributed by atoms with Crippen molar-refractivity contribution in [3.05, 3.63) is 59.8 Å². The van der Waals surface area contributed by atoms with Crippen molar-refractivity contribution >= 4 is 5.97 Å². The van der Waals surface area contributed by atoms with E-state index in [0.717, 1.165) is 0 Å². The van der Waals surface area contributed by atoms with Crippen LogP contribution in [0.4, 0.5) is 0 Å². The Kier molecular flexibility index (Phi) is 6.40. The normalized spacial score (nSPS) is 25.1. The van der Waals surface area contributed by atoms with E-state index in [9.17, 15) is 25.2 Å². The molecular weight excluding hydrogens is 434 g/mol. The van der Waals surface area contributed by atoms with Crippen LogP contribution in [0, 0.1) is 6.92 Å². The highest BCUT2D eigenvalue weighted by Gasteiger charge is 2.44. The first-order valence-electron chi connectivity index (χ1n) is 10.1. The van der Waals surface area contributed by atoms with Crippen molar-refractivity contribution in [2.75, 3.05) is 6.61 Å². The van der Waals surface area contributed by atoms with E-state index in [-0.39, 0.29) is 5.56 Å². The predicted molar refractivity (Wildman–Crippen MR) is 113 cm³/mol. The summed E-state index contributed by atoms with van der Waals surface area (Å²) < 4.78 is 12.6. The number of aromatic carboxylic acids is 1. The second kappa shape index (κ2) is 9.25. The molecular formula is C22H23N3O8. The van der Waals surface area contributed by atoms with Gasteiger partial charge in [0.15, 0.2) is 0 Å². The van der Waals surface area contributed by atoms with Gasteiger partial charge in [0, 0.05) is 5.56 Å². The molecule has 0 spiro atoms. The summed E-state index contributed by atoms with van der Waals surface area (Å²) in [5, 5.41) is 56.7. The highest BCUT2D eigenvalue weighted by molar-refractivity contribution is 5.89. The Bertz CT molecular complexity index is 1150. The minimum atomic E-state index is -1.53. The van der Waals surface area contributed by atoms with E-state index in [0.29, 0.717) is 28.3 Å². The van der Waals surface area contributed by atoms with E-state index >= 15 is 0 Å². The zero-order valence-electron chi connectivity index (χ0n) is 17.5. The summed E-state index contributed by atoms with van der Waals surface area (Å²) in [5.74, 6) is -0.674. The summed E-state index contributed by atoms with van der Waals surface area (Å²) in [6.07, 6.45) is -5.21. The first-order valence-corrected chi connectivity index (χ1v) is 10.1. The molecule has 0 radical (unpaired) electrons. The molecule has 11 heteroatoms. The fraction of sp³-hybridized carbons (Fsp3) is 0.318. The molecule has 5 atom stereocenters. The van der Waals surface area contributed by atoms with Gasteiger partial charge in [0.25, 0.3) is 0 Å². The van der Waals surface area contributed by atoms with Crippen LogP contribution in [0.15, 0.2) is 48.7 Å². The van der Waals surface area contributed by atoms with Crippen molar-refractivity contribution in [1.82, 2.24) is 15.0 Å². The van der Waals surface area contributed by atoms with Crippen LogP contribution in [0.5, 0.6) is 5.75 Å². The maximum Gasteiger partial charge on any atom is 0.335 e. The van der Waals surface area contributed by atoms with Crippen molar-refractivity contribution in [1.29, 1.82) is 0 Å². The molecule has 11 nitrogen and oxygen atoms in total. The number of ether oxygens (including phenoxy) is 2. The number of carboxylic acid groups (broad SMARTS) is 1. The monoisotopic (exact) mass is 457 g/mol. The SMILES string of the molecule is Cc1cc(-n2cc(-c3cccc(C(=O)O)c3)nn2)ccc1OC1OC(CO)C(O)C(O)C1O. The molecule has 0 saturated carbocycles. The molecule has 2 aromatic carbocycles. The standard InChI is InChI=1S/C22H23N3O8/c1-11-7-14(25-9-15(23-24-25)12-3-2-4-13(8-12)21(30)31)5-6-16(11)32-22-20(29)19(28)18(27)17(10-26)33-22/h2-9,17-20,22,26-29H,10H2,1H3,(H,30,31). The minimum absolute atomic E-state index is 0.146. The second-order valence-electron chi connectivity index (χ2n) is 7.70. The topological polar surface area (TPSA) is 167 Å². The van der Waals surface area contributed by atoms with Gasteiger partial charge < -0.3 is 35.0 Å². The van der Waals surface area contributed by atoms with E-state index in [1.54, 1.807) is 43.5 Å². The Morgan fingerprint density at radius 3 is 2.61 bits per heavy atom. The molecule has 0 bridgehead atoms. The quantitative estimate of drug-likeness (QED) is 0.343.